The largest absolute Gasteiger partial charge is 0.346 e. The molecule has 0 bridgehead atoms. The summed E-state index contributed by atoms with van der Waals surface area (Å²) in [5, 5.41) is 3.98. The summed E-state index contributed by atoms with van der Waals surface area (Å²) in [6.45, 7) is 3.54. The lowest BCUT2D eigenvalue weighted by Gasteiger charge is -2.37. The van der Waals surface area contributed by atoms with Crippen molar-refractivity contribution in [2.24, 2.45) is 5.92 Å². The molecule has 2 heterocycles. The highest BCUT2D eigenvalue weighted by Crippen LogP contribution is 2.33. The van der Waals surface area contributed by atoms with Crippen LogP contribution >= 0.6 is 27.3 Å². The average molecular weight is 402 g/mol. The van der Waals surface area contributed by atoms with E-state index in [-0.39, 0.29) is 11.8 Å². The number of hydrogen-bond donors (Lipinski definition) is 1. The normalized spacial score (nSPS) is 14.7. The second kappa shape index (κ2) is 6.18. The number of anilines is 2. The minimum Gasteiger partial charge on any atom is -0.346 e. The first-order chi connectivity index (χ1) is 11.6. The summed E-state index contributed by atoms with van der Waals surface area (Å²) >= 11 is 5.09. The molecule has 0 saturated carbocycles. The number of carbonyl (C=O) groups excluding carboxylic acids is 1. The van der Waals surface area contributed by atoms with Crippen LogP contribution in [0.2, 0.25) is 0 Å². The number of thiazole rings is 1. The molecule has 1 aliphatic rings. The molecule has 1 aromatic heterocycles. The Morgan fingerprint density at radius 3 is 2.75 bits per heavy atom. The summed E-state index contributed by atoms with van der Waals surface area (Å²) in [4.78, 5) is 19.2. The van der Waals surface area contributed by atoms with Crippen LogP contribution < -0.4 is 10.2 Å². The Kier molecular flexibility index (Phi) is 4.02. The number of carbonyl (C=O) groups is 1. The van der Waals surface area contributed by atoms with Gasteiger partial charge in [-0.3, -0.25) is 4.79 Å². The fourth-order valence-corrected chi connectivity index (χ4v) is 4.08. The van der Waals surface area contributed by atoms with Gasteiger partial charge in [0.1, 0.15) is 0 Å². The maximum Gasteiger partial charge on any atom is 0.231 e. The lowest BCUT2D eigenvalue weighted by Crippen LogP contribution is -2.52. The van der Waals surface area contributed by atoms with Gasteiger partial charge in [-0.1, -0.05) is 33.3 Å². The van der Waals surface area contributed by atoms with Gasteiger partial charge in [-0.15, -0.1) is 0 Å². The van der Waals surface area contributed by atoms with Gasteiger partial charge in [0.2, 0.25) is 5.91 Å². The first kappa shape index (κ1) is 15.6. The second-order valence-corrected chi connectivity index (χ2v) is 7.99. The van der Waals surface area contributed by atoms with Crippen LogP contribution in [0.3, 0.4) is 0 Å². The van der Waals surface area contributed by atoms with E-state index in [0.29, 0.717) is 0 Å². The van der Waals surface area contributed by atoms with Crippen LogP contribution in [0.1, 0.15) is 5.56 Å². The zero-order valence-corrected chi connectivity index (χ0v) is 15.5. The topological polar surface area (TPSA) is 45.2 Å². The summed E-state index contributed by atoms with van der Waals surface area (Å²) in [5.74, 6) is 0.0907. The van der Waals surface area contributed by atoms with Gasteiger partial charge in [0.05, 0.1) is 16.1 Å². The fourth-order valence-electron chi connectivity index (χ4n) is 2.73. The Morgan fingerprint density at radius 1 is 1.25 bits per heavy atom. The Hall–Kier alpha value is -1.92. The van der Waals surface area contributed by atoms with E-state index in [1.54, 1.807) is 11.3 Å². The number of aryl methyl sites for hydroxylation is 1. The fraction of sp³-hybridized carbons (Fsp3) is 0.222. The third kappa shape index (κ3) is 3.03. The Bertz CT molecular complexity index is 900. The number of halogens is 1. The number of nitrogens with zero attached hydrogens (tertiary/aromatic N) is 2. The SMILES string of the molecule is Cc1ccc2nc(N3CC(C(=O)Nc4ccc(Br)cc4)C3)sc2c1. The van der Waals surface area contributed by atoms with Crippen molar-refractivity contribution < 1.29 is 4.79 Å². The predicted octanol–water partition coefficient (Wildman–Crippen LogP) is 4.44. The molecule has 1 aliphatic heterocycles. The van der Waals surface area contributed by atoms with E-state index < -0.39 is 0 Å². The highest BCUT2D eigenvalue weighted by molar-refractivity contribution is 9.10. The molecule has 0 unspecified atom stereocenters. The van der Waals surface area contributed by atoms with Crippen molar-refractivity contribution >= 4 is 54.2 Å². The number of benzene rings is 2. The number of aromatic nitrogens is 1. The number of fused-ring (bicyclic) bond motifs is 1. The monoisotopic (exact) mass is 401 g/mol. The first-order valence-electron chi connectivity index (χ1n) is 7.77. The molecule has 0 atom stereocenters. The number of rotatable bonds is 3. The van der Waals surface area contributed by atoms with Gasteiger partial charge >= 0.3 is 0 Å². The molecule has 2 aromatic carbocycles. The molecule has 1 amide bonds. The first-order valence-corrected chi connectivity index (χ1v) is 9.38. The molecule has 0 radical (unpaired) electrons. The van der Waals surface area contributed by atoms with E-state index in [0.717, 1.165) is 33.9 Å². The molecule has 4 nitrogen and oxygen atoms in total. The average Bonchev–Trinajstić information content (AvgIpc) is 2.90. The molecule has 1 N–H and O–H groups in total. The Labute approximate surface area is 152 Å². The van der Waals surface area contributed by atoms with E-state index in [4.69, 9.17) is 0 Å². The van der Waals surface area contributed by atoms with Crippen LogP contribution in [0.4, 0.5) is 10.8 Å². The molecule has 6 heteroatoms. The van der Waals surface area contributed by atoms with Crippen molar-refractivity contribution in [2.75, 3.05) is 23.3 Å². The molecule has 1 saturated heterocycles. The minimum atomic E-state index is 0.0161. The number of nitrogens with one attached hydrogen (secondary N) is 1. The van der Waals surface area contributed by atoms with Gasteiger partial charge in [-0.2, -0.15) is 0 Å². The van der Waals surface area contributed by atoms with Gasteiger partial charge in [0.25, 0.3) is 0 Å². The maximum absolute atomic E-state index is 12.3. The summed E-state index contributed by atoms with van der Waals surface area (Å²) in [6.07, 6.45) is 0. The molecule has 1 fully saturated rings. The van der Waals surface area contributed by atoms with Crippen LogP contribution in [0.5, 0.6) is 0 Å². The highest BCUT2D eigenvalue weighted by atomic mass is 79.9. The molecule has 0 spiro atoms. The van der Waals surface area contributed by atoms with Crippen molar-refractivity contribution in [1.29, 1.82) is 0 Å². The van der Waals surface area contributed by atoms with Crippen LogP contribution in [-0.2, 0) is 4.79 Å². The van der Waals surface area contributed by atoms with Crippen molar-refractivity contribution in [3.05, 3.63) is 52.5 Å². The zero-order chi connectivity index (χ0) is 16.7. The second-order valence-electron chi connectivity index (χ2n) is 6.07. The molecular formula is C18H16BrN3OS. The minimum absolute atomic E-state index is 0.0161. The quantitative estimate of drug-likeness (QED) is 0.705. The van der Waals surface area contributed by atoms with Gasteiger partial charge in [-0.25, -0.2) is 4.98 Å². The number of hydrogen-bond acceptors (Lipinski definition) is 4. The third-order valence-electron chi connectivity index (χ3n) is 4.17. The van der Waals surface area contributed by atoms with Crippen molar-refractivity contribution in [3.63, 3.8) is 0 Å². The van der Waals surface area contributed by atoms with Gasteiger partial charge in [0.15, 0.2) is 5.13 Å². The number of amides is 1. The van der Waals surface area contributed by atoms with Gasteiger partial charge in [-0.05, 0) is 48.9 Å². The van der Waals surface area contributed by atoms with Crippen LogP contribution in [0, 0.1) is 12.8 Å². The molecule has 24 heavy (non-hydrogen) atoms. The summed E-state index contributed by atoms with van der Waals surface area (Å²) < 4.78 is 2.20. The Balaban J connectivity index is 1.39. The van der Waals surface area contributed by atoms with E-state index in [1.165, 1.54) is 10.3 Å². The highest BCUT2D eigenvalue weighted by Gasteiger charge is 2.34. The molecule has 4 rings (SSSR count). The molecule has 0 aliphatic carbocycles. The van der Waals surface area contributed by atoms with Gasteiger partial charge in [0, 0.05) is 23.2 Å². The third-order valence-corrected chi connectivity index (χ3v) is 5.77. The molecule has 3 aromatic rings. The Morgan fingerprint density at radius 2 is 2.00 bits per heavy atom. The van der Waals surface area contributed by atoms with Crippen molar-refractivity contribution in [1.82, 2.24) is 4.98 Å². The van der Waals surface area contributed by atoms with Crippen molar-refractivity contribution in [3.8, 4) is 0 Å². The lowest BCUT2D eigenvalue weighted by molar-refractivity contribution is -0.120. The smallest absolute Gasteiger partial charge is 0.231 e. The summed E-state index contributed by atoms with van der Waals surface area (Å²) in [7, 11) is 0. The van der Waals surface area contributed by atoms with E-state index in [9.17, 15) is 4.79 Å². The maximum atomic E-state index is 12.3. The van der Waals surface area contributed by atoms with E-state index >= 15 is 0 Å². The summed E-state index contributed by atoms with van der Waals surface area (Å²) in [5.41, 5.74) is 3.11. The van der Waals surface area contributed by atoms with Crippen molar-refractivity contribution in [2.45, 2.75) is 6.92 Å². The lowest BCUT2D eigenvalue weighted by atomic mass is 10.00. The van der Waals surface area contributed by atoms with Crippen LogP contribution in [-0.4, -0.2) is 24.0 Å². The van der Waals surface area contributed by atoms with E-state index in [1.807, 2.05) is 24.3 Å². The summed E-state index contributed by atoms with van der Waals surface area (Å²) in [6, 6.07) is 13.9. The molecule has 122 valence electrons. The zero-order valence-electron chi connectivity index (χ0n) is 13.1. The van der Waals surface area contributed by atoms with Crippen LogP contribution in [0.15, 0.2) is 46.9 Å². The predicted molar refractivity (Wildman–Crippen MR) is 103 cm³/mol. The van der Waals surface area contributed by atoms with Gasteiger partial charge < -0.3 is 10.2 Å². The standard InChI is InChI=1S/C18H16BrN3OS/c1-11-2-7-15-16(8-11)24-18(21-15)22-9-12(10-22)17(23)20-14-5-3-13(19)4-6-14/h2-8,12H,9-10H2,1H3,(H,20,23). The van der Waals surface area contributed by atoms with E-state index in [2.05, 4.69) is 56.3 Å². The molecular weight excluding hydrogens is 386 g/mol. The van der Waals surface area contributed by atoms with Crippen LogP contribution in [0.25, 0.3) is 10.2 Å².